The first-order valence-electron chi connectivity index (χ1n) is 5.88. The second kappa shape index (κ2) is 7.22. The zero-order valence-electron chi connectivity index (χ0n) is 11.0. The van der Waals surface area contributed by atoms with Gasteiger partial charge in [0.2, 0.25) is 10.0 Å². The number of hydrogen-bond donors (Lipinski definition) is 2. The van der Waals surface area contributed by atoms with Gasteiger partial charge in [-0.15, -0.1) is 0 Å². The van der Waals surface area contributed by atoms with E-state index in [0.29, 0.717) is 25.1 Å². The molecule has 19 heavy (non-hydrogen) atoms. The van der Waals surface area contributed by atoms with E-state index in [-0.39, 0.29) is 5.91 Å². The lowest BCUT2D eigenvalue weighted by Gasteiger charge is -2.05. The summed E-state index contributed by atoms with van der Waals surface area (Å²) in [5, 5.41) is 0. The van der Waals surface area contributed by atoms with Crippen LogP contribution in [0.15, 0.2) is 24.3 Å². The van der Waals surface area contributed by atoms with Gasteiger partial charge >= 0.3 is 0 Å². The van der Waals surface area contributed by atoms with Gasteiger partial charge in [-0.3, -0.25) is 9.63 Å². The lowest BCUT2D eigenvalue weighted by Crippen LogP contribution is -2.24. The molecule has 1 aromatic carbocycles. The monoisotopic (exact) mass is 286 g/mol. The van der Waals surface area contributed by atoms with Crippen LogP contribution >= 0.6 is 0 Å². The van der Waals surface area contributed by atoms with Crippen LogP contribution < -0.4 is 10.2 Å². The van der Waals surface area contributed by atoms with Crippen LogP contribution in [0.5, 0.6) is 0 Å². The molecule has 0 fully saturated rings. The van der Waals surface area contributed by atoms with Crippen LogP contribution in [-0.2, 0) is 21.3 Å². The Balaban J connectivity index is 2.49. The summed E-state index contributed by atoms with van der Waals surface area (Å²) in [7, 11) is -3.16. The molecule has 0 atom stereocenters. The van der Waals surface area contributed by atoms with Gasteiger partial charge in [-0.2, -0.15) is 0 Å². The van der Waals surface area contributed by atoms with Gasteiger partial charge in [-0.1, -0.05) is 12.1 Å². The Hall–Kier alpha value is -1.44. The normalized spacial score (nSPS) is 11.3. The average molecular weight is 286 g/mol. The molecule has 0 unspecified atom stereocenters. The van der Waals surface area contributed by atoms with Gasteiger partial charge in [-0.25, -0.2) is 18.6 Å². The first kappa shape index (κ1) is 15.6. The molecule has 0 aromatic heterocycles. The molecule has 1 aromatic rings. The lowest BCUT2D eigenvalue weighted by atomic mass is 10.1. The Morgan fingerprint density at radius 3 is 2.42 bits per heavy atom. The van der Waals surface area contributed by atoms with E-state index in [4.69, 9.17) is 4.84 Å². The van der Waals surface area contributed by atoms with Crippen molar-refractivity contribution in [1.82, 2.24) is 10.2 Å². The Labute approximate surface area is 113 Å². The third-order valence-electron chi connectivity index (χ3n) is 2.30. The Bertz CT molecular complexity index is 511. The van der Waals surface area contributed by atoms with Crippen LogP contribution in [0.3, 0.4) is 0 Å². The summed E-state index contributed by atoms with van der Waals surface area (Å²) in [6.07, 6.45) is 1.69. The van der Waals surface area contributed by atoms with E-state index in [9.17, 15) is 13.2 Å². The lowest BCUT2D eigenvalue weighted by molar-refractivity contribution is 0.0364. The van der Waals surface area contributed by atoms with E-state index in [1.54, 1.807) is 31.2 Å². The van der Waals surface area contributed by atoms with Gasteiger partial charge in [0.1, 0.15) is 0 Å². The van der Waals surface area contributed by atoms with E-state index < -0.39 is 10.0 Å². The van der Waals surface area contributed by atoms with Crippen molar-refractivity contribution in [3.05, 3.63) is 35.4 Å². The molecule has 106 valence electrons. The molecule has 0 aliphatic heterocycles. The summed E-state index contributed by atoms with van der Waals surface area (Å²) in [5.41, 5.74) is 3.74. The summed E-state index contributed by atoms with van der Waals surface area (Å²) in [6.45, 7) is 2.52. The minimum Gasteiger partial charge on any atom is -0.274 e. The molecule has 0 bridgehead atoms. The van der Waals surface area contributed by atoms with Crippen LogP contribution in [0.25, 0.3) is 0 Å². The van der Waals surface area contributed by atoms with Crippen LogP contribution in [0, 0.1) is 0 Å². The number of carbonyl (C=O) groups is 1. The fraction of sp³-hybridized carbons (Fsp3) is 0.417. The molecule has 0 radical (unpaired) electrons. The Morgan fingerprint density at radius 2 is 1.89 bits per heavy atom. The van der Waals surface area contributed by atoms with E-state index in [2.05, 4.69) is 10.2 Å². The van der Waals surface area contributed by atoms with Crippen molar-refractivity contribution in [2.24, 2.45) is 0 Å². The smallest absolute Gasteiger partial charge is 0.274 e. The first-order valence-corrected chi connectivity index (χ1v) is 7.77. The number of hydrogen-bond acceptors (Lipinski definition) is 4. The molecule has 6 nitrogen and oxygen atoms in total. The largest absolute Gasteiger partial charge is 0.274 e. The molecule has 0 aliphatic rings. The highest BCUT2D eigenvalue weighted by atomic mass is 32.2. The van der Waals surface area contributed by atoms with Gasteiger partial charge < -0.3 is 0 Å². The zero-order chi connectivity index (χ0) is 14.3. The van der Waals surface area contributed by atoms with Crippen molar-refractivity contribution in [3.8, 4) is 0 Å². The maximum Gasteiger partial charge on any atom is 0.274 e. The van der Waals surface area contributed by atoms with Crippen LogP contribution in [-0.4, -0.2) is 33.7 Å². The Morgan fingerprint density at radius 1 is 1.26 bits per heavy atom. The molecule has 2 N–H and O–H groups in total. The first-order chi connectivity index (χ1) is 8.92. The summed E-state index contributed by atoms with van der Waals surface area (Å²) in [5.74, 6) is -0.303. The van der Waals surface area contributed by atoms with Gasteiger partial charge in [0.05, 0.1) is 12.9 Å². The number of rotatable bonds is 7. The van der Waals surface area contributed by atoms with E-state index in [0.717, 1.165) is 11.8 Å². The standard InChI is InChI=1S/C12H18N2O4S/c1-3-18-14-12(15)11-6-4-10(5-7-11)8-9-13-19(2,16)17/h4-7,13H,3,8-9H2,1-2H3,(H,14,15). The molecule has 1 amide bonds. The molecule has 0 saturated carbocycles. The van der Waals surface area contributed by atoms with E-state index in [1.807, 2.05) is 0 Å². The van der Waals surface area contributed by atoms with Crippen molar-refractivity contribution in [1.29, 1.82) is 0 Å². The van der Waals surface area contributed by atoms with Gasteiger partial charge in [0.25, 0.3) is 5.91 Å². The highest BCUT2D eigenvalue weighted by molar-refractivity contribution is 7.88. The van der Waals surface area contributed by atoms with Gasteiger partial charge in [-0.05, 0) is 31.0 Å². The predicted molar refractivity (Wildman–Crippen MR) is 72.1 cm³/mol. The van der Waals surface area contributed by atoms with E-state index in [1.165, 1.54) is 0 Å². The highest BCUT2D eigenvalue weighted by Gasteiger charge is 2.05. The average Bonchev–Trinajstić information content (AvgIpc) is 2.35. The SMILES string of the molecule is CCONC(=O)c1ccc(CCNS(C)(=O)=O)cc1. The van der Waals surface area contributed by atoms with Crippen molar-refractivity contribution in [2.45, 2.75) is 13.3 Å². The summed E-state index contributed by atoms with van der Waals surface area (Å²) in [6, 6.07) is 6.91. The molecule has 1 rings (SSSR count). The molecule has 0 heterocycles. The van der Waals surface area contributed by atoms with Crippen molar-refractivity contribution in [3.63, 3.8) is 0 Å². The zero-order valence-corrected chi connectivity index (χ0v) is 11.8. The molecule has 0 saturated heterocycles. The molecular weight excluding hydrogens is 268 g/mol. The maximum atomic E-state index is 11.5. The number of benzene rings is 1. The topological polar surface area (TPSA) is 84.5 Å². The minimum absolute atomic E-state index is 0.303. The quantitative estimate of drug-likeness (QED) is 0.713. The van der Waals surface area contributed by atoms with Crippen molar-refractivity contribution >= 4 is 15.9 Å². The van der Waals surface area contributed by atoms with Crippen molar-refractivity contribution in [2.75, 3.05) is 19.4 Å². The van der Waals surface area contributed by atoms with E-state index >= 15 is 0 Å². The number of carbonyl (C=O) groups excluding carboxylic acids is 1. The highest BCUT2D eigenvalue weighted by Crippen LogP contribution is 2.05. The minimum atomic E-state index is -3.16. The maximum absolute atomic E-state index is 11.5. The van der Waals surface area contributed by atoms with Crippen LogP contribution in [0.2, 0.25) is 0 Å². The fourth-order valence-electron chi connectivity index (χ4n) is 1.40. The summed E-state index contributed by atoms with van der Waals surface area (Å²) >= 11 is 0. The Kier molecular flexibility index (Phi) is 5.94. The second-order valence-electron chi connectivity index (χ2n) is 3.98. The third-order valence-corrected chi connectivity index (χ3v) is 3.03. The van der Waals surface area contributed by atoms with Gasteiger partial charge in [0.15, 0.2) is 0 Å². The molecule has 0 spiro atoms. The predicted octanol–water partition coefficient (Wildman–Crippen LogP) is 0.460. The summed E-state index contributed by atoms with van der Waals surface area (Å²) in [4.78, 5) is 16.3. The van der Waals surface area contributed by atoms with Crippen LogP contribution in [0.4, 0.5) is 0 Å². The molecule has 0 aliphatic carbocycles. The van der Waals surface area contributed by atoms with Crippen LogP contribution in [0.1, 0.15) is 22.8 Å². The van der Waals surface area contributed by atoms with Crippen molar-refractivity contribution < 1.29 is 18.0 Å². The molecular formula is C12H18N2O4S. The number of sulfonamides is 1. The second-order valence-corrected chi connectivity index (χ2v) is 5.81. The number of hydroxylamine groups is 1. The fourth-order valence-corrected chi connectivity index (χ4v) is 1.87. The summed E-state index contributed by atoms with van der Waals surface area (Å²) < 4.78 is 24.2. The van der Waals surface area contributed by atoms with Gasteiger partial charge in [0, 0.05) is 12.1 Å². The number of nitrogens with one attached hydrogen (secondary N) is 2. The molecule has 7 heteroatoms. The third kappa shape index (κ3) is 6.32. The number of amides is 1.